The minimum atomic E-state index is 0.285. The number of aliphatic hydroxyl groups is 1. The average molecular weight is 232 g/mol. The normalized spacial score (nSPS) is 10.3. The van der Waals surface area contributed by atoms with Crippen LogP contribution in [0.3, 0.4) is 0 Å². The van der Waals surface area contributed by atoms with Gasteiger partial charge >= 0.3 is 0 Å². The standard InChI is InChI=1S/C4H8Br2O/c5-4(6)2-1-3-7/h4,7H,1-3H2. The Morgan fingerprint density at radius 2 is 2.00 bits per heavy atom. The molecule has 0 amide bonds. The summed E-state index contributed by atoms with van der Waals surface area (Å²) < 4.78 is 0.368. The van der Waals surface area contributed by atoms with Crippen LogP contribution < -0.4 is 0 Å². The Morgan fingerprint density at radius 1 is 1.43 bits per heavy atom. The lowest BCUT2D eigenvalue weighted by Gasteiger charge is -1.94. The van der Waals surface area contributed by atoms with E-state index in [4.69, 9.17) is 5.11 Å². The fraction of sp³-hybridized carbons (Fsp3) is 1.00. The Kier molecular flexibility index (Phi) is 5.73. The van der Waals surface area contributed by atoms with Gasteiger partial charge in [-0.2, -0.15) is 0 Å². The van der Waals surface area contributed by atoms with E-state index in [9.17, 15) is 0 Å². The van der Waals surface area contributed by atoms with Crippen molar-refractivity contribution in [1.29, 1.82) is 0 Å². The van der Waals surface area contributed by atoms with Crippen LogP contribution in [-0.2, 0) is 0 Å². The fourth-order valence-corrected chi connectivity index (χ4v) is 0.893. The maximum absolute atomic E-state index is 8.27. The van der Waals surface area contributed by atoms with Crippen LogP contribution in [0.5, 0.6) is 0 Å². The fourth-order valence-electron chi connectivity index (χ4n) is 0.246. The lowest BCUT2D eigenvalue weighted by molar-refractivity contribution is 0.287. The third-order valence-corrected chi connectivity index (χ3v) is 1.50. The van der Waals surface area contributed by atoms with Gasteiger partial charge in [0.25, 0.3) is 0 Å². The Morgan fingerprint density at radius 3 is 2.14 bits per heavy atom. The summed E-state index contributed by atoms with van der Waals surface area (Å²) in [5.41, 5.74) is 0. The van der Waals surface area contributed by atoms with E-state index in [1.54, 1.807) is 0 Å². The third kappa shape index (κ3) is 6.92. The van der Waals surface area contributed by atoms with E-state index in [0.717, 1.165) is 12.8 Å². The van der Waals surface area contributed by atoms with Crippen LogP contribution in [0.25, 0.3) is 0 Å². The molecule has 0 atom stereocenters. The molecule has 0 saturated heterocycles. The van der Waals surface area contributed by atoms with Gasteiger partial charge in [0.2, 0.25) is 0 Å². The highest BCUT2D eigenvalue weighted by Gasteiger charge is 1.93. The Hall–Kier alpha value is 0.920. The van der Waals surface area contributed by atoms with Crippen molar-refractivity contribution in [3.05, 3.63) is 0 Å². The molecule has 0 aromatic carbocycles. The monoisotopic (exact) mass is 230 g/mol. The molecule has 0 saturated carbocycles. The van der Waals surface area contributed by atoms with E-state index in [-0.39, 0.29) is 6.61 Å². The predicted molar refractivity (Wildman–Crippen MR) is 38.0 cm³/mol. The molecule has 0 rings (SSSR count). The second-order valence-electron chi connectivity index (χ2n) is 1.26. The first-order valence-corrected chi connectivity index (χ1v) is 3.99. The van der Waals surface area contributed by atoms with Crippen LogP contribution in [0.2, 0.25) is 0 Å². The first-order valence-electron chi connectivity index (χ1n) is 2.16. The molecule has 3 heteroatoms. The number of alkyl halides is 2. The molecule has 1 nitrogen and oxygen atoms in total. The van der Waals surface area contributed by atoms with Crippen molar-refractivity contribution in [1.82, 2.24) is 0 Å². The topological polar surface area (TPSA) is 20.2 Å². The molecule has 0 aliphatic rings. The van der Waals surface area contributed by atoms with Gasteiger partial charge in [-0.25, -0.2) is 0 Å². The van der Waals surface area contributed by atoms with Gasteiger partial charge in [0, 0.05) is 6.61 Å². The van der Waals surface area contributed by atoms with Crippen molar-refractivity contribution < 1.29 is 5.11 Å². The Bertz CT molecular complexity index is 38.7. The highest BCUT2D eigenvalue weighted by Crippen LogP contribution is 2.13. The summed E-state index contributed by atoms with van der Waals surface area (Å²) >= 11 is 6.56. The average Bonchev–Trinajstić information content (AvgIpc) is 1.61. The van der Waals surface area contributed by atoms with Crippen LogP contribution in [0.15, 0.2) is 0 Å². The number of aliphatic hydroxyl groups excluding tert-OH is 1. The van der Waals surface area contributed by atoms with Crippen molar-refractivity contribution >= 4 is 31.9 Å². The molecule has 0 radical (unpaired) electrons. The van der Waals surface area contributed by atoms with Crippen LogP contribution in [0.4, 0.5) is 0 Å². The molecule has 0 unspecified atom stereocenters. The summed E-state index contributed by atoms with van der Waals surface area (Å²) in [5, 5.41) is 8.27. The maximum atomic E-state index is 8.27. The van der Waals surface area contributed by atoms with Crippen molar-refractivity contribution in [3.63, 3.8) is 0 Å². The highest BCUT2D eigenvalue weighted by atomic mass is 79.9. The molecular weight excluding hydrogens is 224 g/mol. The van der Waals surface area contributed by atoms with Crippen LogP contribution in [0, 0.1) is 0 Å². The Labute approximate surface area is 60.4 Å². The lowest BCUT2D eigenvalue weighted by atomic mass is 10.4. The molecule has 0 aliphatic heterocycles. The minimum absolute atomic E-state index is 0.285. The zero-order chi connectivity index (χ0) is 5.70. The highest BCUT2D eigenvalue weighted by molar-refractivity contribution is 9.24. The van der Waals surface area contributed by atoms with E-state index >= 15 is 0 Å². The molecular formula is C4H8Br2O. The SMILES string of the molecule is OCCCC(Br)Br. The number of hydrogen-bond acceptors (Lipinski definition) is 1. The van der Waals surface area contributed by atoms with Gasteiger partial charge in [0.15, 0.2) is 0 Å². The van der Waals surface area contributed by atoms with Gasteiger partial charge in [-0.15, -0.1) is 0 Å². The number of hydrogen-bond donors (Lipinski definition) is 1. The first kappa shape index (κ1) is 7.92. The molecule has 1 N–H and O–H groups in total. The first-order chi connectivity index (χ1) is 3.27. The van der Waals surface area contributed by atoms with Gasteiger partial charge in [0.05, 0.1) is 3.74 Å². The summed E-state index contributed by atoms with van der Waals surface area (Å²) in [5.74, 6) is 0. The second kappa shape index (κ2) is 5.06. The maximum Gasteiger partial charge on any atom is 0.0698 e. The summed E-state index contributed by atoms with van der Waals surface area (Å²) in [4.78, 5) is 0. The number of rotatable bonds is 3. The molecule has 0 bridgehead atoms. The van der Waals surface area contributed by atoms with E-state index in [2.05, 4.69) is 31.9 Å². The molecule has 0 fully saturated rings. The predicted octanol–water partition coefficient (Wildman–Crippen LogP) is 1.87. The van der Waals surface area contributed by atoms with Crippen molar-refractivity contribution in [2.24, 2.45) is 0 Å². The Balaban J connectivity index is 2.68. The van der Waals surface area contributed by atoms with E-state index in [0.29, 0.717) is 3.74 Å². The summed E-state index contributed by atoms with van der Waals surface area (Å²) in [6.07, 6.45) is 1.84. The quantitative estimate of drug-likeness (QED) is 0.736. The van der Waals surface area contributed by atoms with Crippen LogP contribution >= 0.6 is 31.9 Å². The van der Waals surface area contributed by atoms with Crippen LogP contribution in [0.1, 0.15) is 12.8 Å². The molecule has 0 aliphatic carbocycles. The molecule has 7 heavy (non-hydrogen) atoms. The molecule has 0 aromatic rings. The zero-order valence-electron chi connectivity index (χ0n) is 3.90. The lowest BCUT2D eigenvalue weighted by Crippen LogP contribution is -1.87. The van der Waals surface area contributed by atoms with Crippen molar-refractivity contribution in [2.75, 3.05) is 6.61 Å². The number of halogens is 2. The largest absolute Gasteiger partial charge is 0.396 e. The minimum Gasteiger partial charge on any atom is -0.396 e. The van der Waals surface area contributed by atoms with Gasteiger partial charge in [-0.3, -0.25) is 0 Å². The van der Waals surface area contributed by atoms with Gasteiger partial charge in [-0.05, 0) is 12.8 Å². The second-order valence-corrected chi connectivity index (χ2v) is 4.70. The smallest absolute Gasteiger partial charge is 0.0698 e. The molecule has 0 spiro atoms. The summed E-state index contributed by atoms with van der Waals surface area (Å²) in [7, 11) is 0. The summed E-state index contributed by atoms with van der Waals surface area (Å²) in [6, 6.07) is 0. The van der Waals surface area contributed by atoms with Crippen molar-refractivity contribution in [2.45, 2.75) is 16.6 Å². The third-order valence-electron chi connectivity index (χ3n) is 0.580. The van der Waals surface area contributed by atoms with E-state index in [1.165, 1.54) is 0 Å². The van der Waals surface area contributed by atoms with Gasteiger partial charge in [0.1, 0.15) is 0 Å². The molecule has 0 aromatic heterocycles. The van der Waals surface area contributed by atoms with E-state index in [1.807, 2.05) is 0 Å². The summed E-state index contributed by atoms with van der Waals surface area (Å²) in [6.45, 7) is 0.285. The zero-order valence-corrected chi connectivity index (χ0v) is 7.07. The van der Waals surface area contributed by atoms with Gasteiger partial charge in [-0.1, -0.05) is 31.9 Å². The van der Waals surface area contributed by atoms with E-state index < -0.39 is 0 Å². The molecule has 44 valence electrons. The van der Waals surface area contributed by atoms with Crippen LogP contribution in [-0.4, -0.2) is 15.4 Å². The van der Waals surface area contributed by atoms with Crippen molar-refractivity contribution in [3.8, 4) is 0 Å². The molecule has 0 heterocycles. The van der Waals surface area contributed by atoms with Gasteiger partial charge < -0.3 is 5.11 Å².